The molecular formula is C28H21NS. The number of hydrogen-bond acceptors (Lipinski definition) is 2. The molecule has 0 aliphatic carbocycles. The fourth-order valence-corrected chi connectivity index (χ4v) is 4.91. The molecule has 0 unspecified atom stereocenters. The lowest BCUT2D eigenvalue weighted by molar-refractivity contribution is 1.32. The SMILES string of the molecule is c1ccc(-c2csc(N(c3ccccc3)c3ccccc3)c2-c2ccccc2)cc1. The normalized spacial score (nSPS) is 10.7. The van der Waals surface area contributed by atoms with Gasteiger partial charge in [-0.15, -0.1) is 11.3 Å². The van der Waals surface area contributed by atoms with Crippen LogP contribution in [0.4, 0.5) is 16.4 Å². The number of rotatable bonds is 5. The summed E-state index contributed by atoms with van der Waals surface area (Å²) in [6.45, 7) is 0. The van der Waals surface area contributed by atoms with E-state index in [1.54, 1.807) is 11.3 Å². The maximum atomic E-state index is 2.36. The third kappa shape index (κ3) is 3.54. The second-order valence-corrected chi connectivity index (χ2v) is 7.93. The predicted molar refractivity (Wildman–Crippen MR) is 130 cm³/mol. The van der Waals surface area contributed by atoms with Gasteiger partial charge >= 0.3 is 0 Å². The number of thiophene rings is 1. The van der Waals surface area contributed by atoms with Crippen molar-refractivity contribution in [2.45, 2.75) is 0 Å². The molecule has 0 fully saturated rings. The Kier molecular flexibility index (Phi) is 5.15. The zero-order valence-electron chi connectivity index (χ0n) is 16.5. The maximum absolute atomic E-state index is 2.36. The minimum Gasteiger partial charge on any atom is -0.301 e. The van der Waals surface area contributed by atoms with Gasteiger partial charge in [0, 0.05) is 27.9 Å². The molecule has 30 heavy (non-hydrogen) atoms. The van der Waals surface area contributed by atoms with Crippen molar-refractivity contribution in [2.75, 3.05) is 4.90 Å². The summed E-state index contributed by atoms with van der Waals surface area (Å²) < 4.78 is 0. The average molecular weight is 404 g/mol. The first-order valence-corrected chi connectivity index (χ1v) is 10.9. The number of anilines is 3. The zero-order chi connectivity index (χ0) is 20.2. The van der Waals surface area contributed by atoms with Gasteiger partial charge < -0.3 is 4.90 Å². The van der Waals surface area contributed by atoms with Crippen molar-refractivity contribution in [2.24, 2.45) is 0 Å². The van der Waals surface area contributed by atoms with Crippen LogP contribution in [-0.4, -0.2) is 0 Å². The van der Waals surface area contributed by atoms with E-state index >= 15 is 0 Å². The standard InChI is InChI=1S/C28H21NS/c1-5-13-22(14-6-1)26-21-30-28(27(26)23-15-7-2-8-16-23)29(24-17-9-3-10-18-24)25-19-11-4-12-20-25/h1-21H. The summed E-state index contributed by atoms with van der Waals surface area (Å²) >= 11 is 1.79. The molecule has 144 valence electrons. The second kappa shape index (κ2) is 8.40. The fourth-order valence-electron chi connectivity index (χ4n) is 3.76. The van der Waals surface area contributed by atoms with Gasteiger partial charge in [-0.25, -0.2) is 0 Å². The lowest BCUT2D eigenvalue weighted by Crippen LogP contribution is -2.09. The molecular weight excluding hydrogens is 382 g/mol. The molecule has 0 radical (unpaired) electrons. The molecule has 1 nitrogen and oxygen atoms in total. The molecule has 5 aromatic rings. The van der Waals surface area contributed by atoms with Gasteiger partial charge in [-0.05, 0) is 35.4 Å². The lowest BCUT2D eigenvalue weighted by Gasteiger charge is -2.25. The fraction of sp³-hybridized carbons (Fsp3) is 0. The Bertz CT molecular complexity index is 1170. The molecule has 0 aliphatic heterocycles. The Hall–Kier alpha value is -3.62. The van der Waals surface area contributed by atoms with E-state index in [0.717, 1.165) is 11.4 Å². The first-order valence-electron chi connectivity index (χ1n) is 10.0. The van der Waals surface area contributed by atoms with Crippen LogP contribution in [0, 0.1) is 0 Å². The highest BCUT2D eigenvalue weighted by atomic mass is 32.1. The Balaban J connectivity index is 1.78. The molecule has 0 N–H and O–H groups in total. The highest BCUT2D eigenvalue weighted by Gasteiger charge is 2.22. The van der Waals surface area contributed by atoms with E-state index in [4.69, 9.17) is 0 Å². The summed E-state index contributed by atoms with van der Waals surface area (Å²) in [5.41, 5.74) is 7.30. The van der Waals surface area contributed by atoms with Gasteiger partial charge in [0.15, 0.2) is 0 Å². The molecule has 0 aliphatic rings. The number of nitrogens with zero attached hydrogens (tertiary/aromatic N) is 1. The lowest BCUT2D eigenvalue weighted by atomic mass is 9.98. The minimum absolute atomic E-state index is 1.15. The van der Waals surface area contributed by atoms with E-state index < -0.39 is 0 Å². The Morgan fingerprint density at radius 3 is 1.40 bits per heavy atom. The number of benzene rings is 4. The van der Waals surface area contributed by atoms with Gasteiger partial charge in [-0.2, -0.15) is 0 Å². The monoisotopic (exact) mass is 403 g/mol. The van der Waals surface area contributed by atoms with E-state index in [-0.39, 0.29) is 0 Å². The summed E-state index contributed by atoms with van der Waals surface area (Å²) in [4.78, 5) is 2.36. The summed E-state index contributed by atoms with van der Waals surface area (Å²) in [5.74, 6) is 0. The molecule has 0 bridgehead atoms. The first kappa shape index (κ1) is 18.4. The Morgan fingerprint density at radius 2 is 0.900 bits per heavy atom. The van der Waals surface area contributed by atoms with Crippen molar-refractivity contribution in [1.29, 1.82) is 0 Å². The average Bonchev–Trinajstić information content (AvgIpc) is 3.26. The van der Waals surface area contributed by atoms with Crippen LogP contribution in [-0.2, 0) is 0 Å². The van der Waals surface area contributed by atoms with Gasteiger partial charge in [0.05, 0.1) is 0 Å². The highest BCUT2D eigenvalue weighted by Crippen LogP contribution is 2.49. The quantitative estimate of drug-likeness (QED) is 0.284. The van der Waals surface area contributed by atoms with Crippen LogP contribution in [0.5, 0.6) is 0 Å². The van der Waals surface area contributed by atoms with Crippen LogP contribution in [0.25, 0.3) is 22.3 Å². The third-order valence-corrected chi connectivity index (χ3v) is 6.11. The largest absolute Gasteiger partial charge is 0.301 e. The van der Waals surface area contributed by atoms with Crippen LogP contribution in [0.15, 0.2) is 127 Å². The van der Waals surface area contributed by atoms with E-state index in [9.17, 15) is 0 Å². The minimum atomic E-state index is 1.15. The summed E-state index contributed by atoms with van der Waals surface area (Å²) in [6, 6.07) is 42.5. The molecule has 0 saturated heterocycles. The van der Waals surface area contributed by atoms with E-state index in [1.165, 1.54) is 27.3 Å². The molecule has 1 aromatic heterocycles. The van der Waals surface area contributed by atoms with Crippen LogP contribution in [0.1, 0.15) is 0 Å². The van der Waals surface area contributed by atoms with Crippen molar-refractivity contribution in [3.05, 3.63) is 127 Å². The summed E-state index contributed by atoms with van der Waals surface area (Å²) in [5, 5.41) is 3.50. The second-order valence-electron chi connectivity index (χ2n) is 7.07. The maximum Gasteiger partial charge on any atom is 0.109 e. The third-order valence-electron chi connectivity index (χ3n) is 5.15. The number of para-hydroxylation sites is 2. The van der Waals surface area contributed by atoms with Gasteiger partial charge in [0.25, 0.3) is 0 Å². The zero-order valence-corrected chi connectivity index (χ0v) is 17.3. The van der Waals surface area contributed by atoms with Crippen molar-refractivity contribution < 1.29 is 0 Å². The molecule has 0 atom stereocenters. The van der Waals surface area contributed by atoms with Crippen LogP contribution in [0.2, 0.25) is 0 Å². The molecule has 0 amide bonds. The molecule has 0 spiro atoms. The smallest absolute Gasteiger partial charge is 0.109 e. The number of hydrogen-bond donors (Lipinski definition) is 0. The van der Waals surface area contributed by atoms with E-state index in [0.29, 0.717) is 0 Å². The van der Waals surface area contributed by atoms with Crippen molar-refractivity contribution in [3.63, 3.8) is 0 Å². The molecule has 1 heterocycles. The highest BCUT2D eigenvalue weighted by molar-refractivity contribution is 7.15. The van der Waals surface area contributed by atoms with Crippen molar-refractivity contribution in [3.8, 4) is 22.3 Å². The molecule has 2 heteroatoms. The van der Waals surface area contributed by atoms with Crippen LogP contribution >= 0.6 is 11.3 Å². The van der Waals surface area contributed by atoms with Crippen LogP contribution < -0.4 is 4.90 Å². The van der Waals surface area contributed by atoms with Gasteiger partial charge in [-0.1, -0.05) is 97.1 Å². The van der Waals surface area contributed by atoms with Crippen molar-refractivity contribution in [1.82, 2.24) is 0 Å². The van der Waals surface area contributed by atoms with E-state index in [2.05, 4.69) is 132 Å². The summed E-state index contributed by atoms with van der Waals surface area (Å²) in [7, 11) is 0. The molecule has 4 aromatic carbocycles. The Labute approximate surface area is 181 Å². The predicted octanol–water partition coefficient (Wildman–Crippen LogP) is 8.55. The first-order chi connectivity index (χ1) is 14.9. The van der Waals surface area contributed by atoms with Gasteiger partial charge in [0.1, 0.15) is 5.00 Å². The van der Waals surface area contributed by atoms with Gasteiger partial charge in [0.2, 0.25) is 0 Å². The molecule has 5 rings (SSSR count). The van der Waals surface area contributed by atoms with Crippen LogP contribution in [0.3, 0.4) is 0 Å². The molecule has 0 saturated carbocycles. The topological polar surface area (TPSA) is 3.24 Å². The summed E-state index contributed by atoms with van der Waals surface area (Å²) in [6.07, 6.45) is 0. The van der Waals surface area contributed by atoms with E-state index in [1.807, 2.05) is 0 Å². The Morgan fingerprint density at radius 1 is 0.467 bits per heavy atom. The van der Waals surface area contributed by atoms with Gasteiger partial charge in [-0.3, -0.25) is 0 Å². The van der Waals surface area contributed by atoms with Crippen molar-refractivity contribution >= 4 is 27.7 Å².